The minimum Gasteiger partial charge on any atom is -0.382 e. The molecule has 5 rings (SSSR count). The smallest absolute Gasteiger partial charge is 0.252 e. The minimum absolute atomic E-state index is 0.0924. The number of anilines is 2. The number of fused-ring (bicyclic) bond motifs is 1. The summed E-state index contributed by atoms with van der Waals surface area (Å²) < 4.78 is 15.7. The molecule has 12 heteroatoms. The lowest BCUT2D eigenvalue weighted by Gasteiger charge is -2.45. The molecule has 0 spiro atoms. The largest absolute Gasteiger partial charge is 0.382 e. The Bertz CT molecular complexity index is 1590. The standard InChI is InChI=1S/C26H30N8O3S/c1-16(2)38(37)33-14-19(13-29-33)21-12-22(34-23(21)24(27)28-15-30-34)18-7-6-8-20(11-18)31-9-10-32(17(3)35)26(4,5)25(31)36/h6-8,11-16H,9-10H2,1-5H3,(H2,27,28,30). The van der Waals surface area contributed by atoms with Crippen molar-refractivity contribution in [1.82, 2.24) is 28.7 Å². The van der Waals surface area contributed by atoms with Crippen molar-refractivity contribution in [2.24, 2.45) is 0 Å². The van der Waals surface area contributed by atoms with Gasteiger partial charge in [-0.2, -0.15) is 14.3 Å². The molecular formula is C26H30N8O3S. The minimum atomic E-state index is -1.30. The van der Waals surface area contributed by atoms with Crippen molar-refractivity contribution in [1.29, 1.82) is 0 Å². The van der Waals surface area contributed by atoms with Crippen molar-refractivity contribution >= 4 is 39.8 Å². The average Bonchev–Trinajstić information content (AvgIpc) is 3.51. The number of nitrogens with zero attached hydrogens (tertiary/aromatic N) is 7. The van der Waals surface area contributed by atoms with Gasteiger partial charge < -0.3 is 15.5 Å². The average molecular weight is 535 g/mol. The lowest BCUT2D eigenvalue weighted by atomic mass is 9.96. The fourth-order valence-corrected chi connectivity index (χ4v) is 5.70. The predicted octanol–water partition coefficient (Wildman–Crippen LogP) is 2.74. The van der Waals surface area contributed by atoms with E-state index in [9.17, 15) is 13.8 Å². The molecule has 2 N–H and O–H groups in total. The van der Waals surface area contributed by atoms with Crippen molar-refractivity contribution in [3.05, 3.63) is 49.1 Å². The van der Waals surface area contributed by atoms with Crippen LogP contribution in [-0.4, -0.2) is 68.6 Å². The predicted molar refractivity (Wildman–Crippen MR) is 147 cm³/mol. The monoisotopic (exact) mass is 534 g/mol. The maximum Gasteiger partial charge on any atom is 0.252 e. The Balaban J connectivity index is 1.58. The van der Waals surface area contributed by atoms with Crippen LogP contribution in [0.15, 0.2) is 49.1 Å². The molecule has 1 aliphatic heterocycles. The molecule has 11 nitrogen and oxygen atoms in total. The zero-order valence-electron chi connectivity index (χ0n) is 22.0. The van der Waals surface area contributed by atoms with E-state index in [-0.39, 0.29) is 17.1 Å². The van der Waals surface area contributed by atoms with Crippen LogP contribution >= 0.6 is 0 Å². The van der Waals surface area contributed by atoms with Gasteiger partial charge in [0.25, 0.3) is 5.91 Å². The van der Waals surface area contributed by atoms with E-state index in [0.29, 0.717) is 24.4 Å². The van der Waals surface area contributed by atoms with Gasteiger partial charge in [0.1, 0.15) is 28.4 Å². The molecular weight excluding hydrogens is 504 g/mol. The first kappa shape index (κ1) is 25.6. The van der Waals surface area contributed by atoms with Crippen LogP contribution in [0, 0.1) is 0 Å². The van der Waals surface area contributed by atoms with Gasteiger partial charge in [-0.05, 0) is 45.9 Å². The highest BCUT2D eigenvalue weighted by molar-refractivity contribution is 7.83. The molecule has 3 aromatic heterocycles. The molecule has 2 amide bonds. The van der Waals surface area contributed by atoms with Gasteiger partial charge in [-0.25, -0.2) is 13.7 Å². The number of rotatable bonds is 5. The molecule has 1 aromatic carbocycles. The first-order valence-electron chi connectivity index (χ1n) is 12.3. The second-order valence-electron chi connectivity index (χ2n) is 10.0. The summed E-state index contributed by atoms with van der Waals surface area (Å²) in [6.07, 6.45) is 4.77. The van der Waals surface area contributed by atoms with Crippen molar-refractivity contribution in [3.8, 4) is 22.4 Å². The van der Waals surface area contributed by atoms with Gasteiger partial charge in [0.15, 0.2) is 5.82 Å². The van der Waals surface area contributed by atoms with Crippen LogP contribution in [0.1, 0.15) is 34.6 Å². The Hall–Kier alpha value is -4.06. The van der Waals surface area contributed by atoms with Gasteiger partial charge in [-0.1, -0.05) is 12.1 Å². The number of carbonyl (C=O) groups excluding carboxylic acids is 2. The van der Waals surface area contributed by atoms with E-state index in [4.69, 9.17) is 5.73 Å². The number of hydrogen-bond acceptors (Lipinski definition) is 7. The van der Waals surface area contributed by atoms with Gasteiger partial charge in [0.05, 0.1) is 17.1 Å². The molecule has 198 valence electrons. The van der Waals surface area contributed by atoms with Crippen LogP contribution in [0.2, 0.25) is 0 Å². The number of amides is 2. The normalized spacial score (nSPS) is 16.4. The summed E-state index contributed by atoms with van der Waals surface area (Å²) in [7, 11) is -1.30. The summed E-state index contributed by atoms with van der Waals surface area (Å²) in [5, 5.41) is 8.67. The molecule has 1 unspecified atom stereocenters. The van der Waals surface area contributed by atoms with Crippen molar-refractivity contribution < 1.29 is 13.8 Å². The van der Waals surface area contributed by atoms with Crippen LogP contribution in [-0.2, 0) is 20.6 Å². The summed E-state index contributed by atoms with van der Waals surface area (Å²) >= 11 is 0. The lowest BCUT2D eigenvalue weighted by molar-refractivity contribution is -0.145. The molecule has 1 atom stereocenters. The van der Waals surface area contributed by atoms with Crippen molar-refractivity contribution in [2.45, 2.75) is 45.4 Å². The summed E-state index contributed by atoms with van der Waals surface area (Å²) in [6, 6.07) is 9.57. The van der Waals surface area contributed by atoms with E-state index >= 15 is 0 Å². The molecule has 4 aromatic rings. The number of aromatic nitrogens is 5. The Morgan fingerprint density at radius 1 is 1.13 bits per heavy atom. The Kier molecular flexibility index (Phi) is 6.30. The summed E-state index contributed by atoms with van der Waals surface area (Å²) in [5.74, 6) is 0.0307. The fraction of sp³-hybridized carbons (Fsp3) is 0.346. The van der Waals surface area contributed by atoms with Gasteiger partial charge in [0.2, 0.25) is 5.91 Å². The highest BCUT2D eigenvalue weighted by Crippen LogP contribution is 2.36. The fourth-order valence-electron chi connectivity index (χ4n) is 4.91. The van der Waals surface area contributed by atoms with E-state index in [1.54, 1.807) is 40.6 Å². The van der Waals surface area contributed by atoms with Crippen LogP contribution in [0.25, 0.3) is 27.9 Å². The molecule has 0 bridgehead atoms. The third kappa shape index (κ3) is 4.14. The van der Waals surface area contributed by atoms with E-state index in [0.717, 1.165) is 28.1 Å². The number of nitrogens with two attached hydrogens (primary N) is 1. The van der Waals surface area contributed by atoms with Gasteiger partial charge in [-0.15, -0.1) is 0 Å². The number of piperazine rings is 1. The second kappa shape index (κ2) is 9.35. The molecule has 0 aliphatic carbocycles. The van der Waals surface area contributed by atoms with Crippen LogP contribution < -0.4 is 10.6 Å². The first-order valence-corrected chi connectivity index (χ1v) is 13.5. The third-order valence-electron chi connectivity index (χ3n) is 6.87. The number of hydrogen-bond donors (Lipinski definition) is 1. The highest BCUT2D eigenvalue weighted by Gasteiger charge is 2.43. The molecule has 0 radical (unpaired) electrons. The van der Waals surface area contributed by atoms with E-state index in [1.165, 1.54) is 17.3 Å². The van der Waals surface area contributed by atoms with Crippen molar-refractivity contribution in [3.63, 3.8) is 0 Å². The number of benzene rings is 1. The van der Waals surface area contributed by atoms with Gasteiger partial charge in [-0.3, -0.25) is 9.59 Å². The molecule has 1 aliphatic rings. The number of nitrogen functional groups attached to an aromatic ring is 1. The Morgan fingerprint density at radius 2 is 1.89 bits per heavy atom. The summed E-state index contributed by atoms with van der Waals surface area (Å²) in [6.45, 7) is 9.60. The summed E-state index contributed by atoms with van der Waals surface area (Å²) in [5.41, 5.74) is 9.72. The second-order valence-corrected chi connectivity index (χ2v) is 11.9. The van der Waals surface area contributed by atoms with E-state index in [1.807, 2.05) is 44.2 Å². The van der Waals surface area contributed by atoms with Gasteiger partial charge in [0, 0.05) is 48.6 Å². The van der Waals surface area contributed by atoms with E-state index in [2.05, 4.69) is 15.2 Å². The first-order chi connectivity index (χ1) is 18.0. The highest BCUT2D eigenvalue weighted by atomic mass is 32.2. The SMILES string of the molecule is CC(=O)N1CCN(c2cccc(-c3cc(-c4cnn(S(=O)C(C)C)c4)c4c(N)ncnn34)c2)C(=O)C1(C)C. The maximum atomic E-state index is 13.4. The molecule has 1 saturated heterocycles. The third-order valence-corrected chi connectivity index (χ3v) is 8.24. The molecule has 4 heterocycles. The van der Waals surface area contributed by atoms with Crippen LogP contribution in [0.4, 0.5) is 11.5 Å². The maximum absolute atomic E-state index is 13.4. The number of carbonyl (C=O) groups is 2. The lowest BCUT2D eigenvalue weighted by Crippen LogP contribution is -2.64. The van der Waals surface area contributed by atoms with Gasteiger partial charge >= 0.3 is 0 Å². The zero-order chi connectivity index (χ0) is 27.4. The van der Waals surface area contributed by atoms with E-state index < -0.39 is 16.5 Å². The Morgan fingerprint density at radius 3 is 2.61 bits per heavy atom. The summed E-state index contributed by atoms with van der Waals surface area (Å²) in [4.78, 5) is 33.0. The zero-order valence-corrected chi connectivity index (χ0v) is 22.8. The van der Waals surface area contributed by atoms with Crippen molar-refractivity contribution in [2.75, 3.05) is 23.7 Å². The quantitative estimate of drug-likeness (QED) is 0.416. The Labute approximate surface area is 222 Å². The molecule has 0 saturated carbocycles. The molecule has 38 heavy (non-hydrogen) atoms. The molecule has 1 fully saturated rings. The van der Waals surface area contributed by atoms with Crippen LogP contribution in [0.5, 0.6) is 0 Å². The topological polar surface area (TPSA) is 132 Å². The van der Waals surface area contributed by atoms with Crippen LogP contribution in [0.3, 0.4) is 0 Å².